The molecule has 0 atom stereocenters. The second-order valence-electron chi connectivity index (χ2n) is 4.85. The molecule has 2 amide bonds. The first-order chi connectivity index (χ1) is 8.04. The third-order valence-corrected chi connectivity index (χ3v) is 3.05. The molecule has 1 fully saturated rings. The first-order valence-corrected chi connectivity index (χ1v) is 6.27. The van der Waals surface area contributed by atoms with Gasteiger partial charge in [-0.05, 0) is 19.9 Å². The SMILES string of the molecule is CNCC(=O)N1CCC(NC(=O)C(C)C)CC1. The number of carbonyl (C=O) groups excluding carboxylic acids is 2. The molecule has 0 aromatic heterocycles. The third kappa shape index (κ3) is 4.34. The van der Waals surface area contributed by atoms with Gasteiger partial charge in [-0.3, -0.25) is 9.59 Å². The lowest BCUT2D eigenvalue weighted by molar-refractivity contribution is -0.131. The summed E-state index contributed by atoms with van der Waals surface area (Å²) in [5.41, 5.74) is 0. The highest BCUT2D eigenvalue weighted by Crippen LogP contribution is 2.11. The fourth-order valence-corrected chi connectivity index (χ4v) is 1.90. The first-order valence-electron chi connectivity index (χ1n) is 6.27. The van der Waals surface area contributed by atoms with Crippen molar-refractivity contribution in [3.05, 3.63) is 0 Å². The van der Waals surface area contributed by atoms with Crippen LogP contribution in [-0.4, -0.2) is 49.4 Å². The smallest absolute Gasteiger partial charge is 0.236 e. The van der Waals surface area contributed by atoms with Gasteiger partial charge in [0.05, 0.1) is 6.54 Å². The Labute approximate surface area is 103 Å². The van der Waals surface area contributed by atoms with Crippen LogP contribution < -0.4 is 10.6 Å². The number of likely N-dealkylation sites (N-methyl/N-ethyl adjacent to an activating group) is 1. The summed E-state index contributed by atoms with van der Waals surface area (Å²) in [5, 5.41) is 5.88. The monoisotopic (exact) mass is 241 g/mol. The summed E-state index contributed by atoms with van der Waals surface area (Å²) in [5.74, 6) is 0.269. The average molecular weight is 241 g/mol. The molecule has 5 heteroatoms. The van der Waals surface area contributed by atoms with Crippen molar-refractivity contribution in [3.8, 4) is 0 Å². The number of nitrogens with one attached hydrogen (secondary N) is 2. The Hall–Kier alpha value is -1.10. The molecule has 0 aromatic carbocycles. The van der Waals surface area contributed by atoms with Crippen LogP contribution in [0.15, 0.2) is 0 Å². The molecule has 17 heavy (non-hydrogen) atoms. The molecule has 1 saturated heterocycles. The summed E-state index contributed by atoms with van der Waals surface area (Å²) in [6, 6.07) is 0.225. The maximum absolute atomic E-state index is 11.6. The molecule has 1 aliphatic heterocycles. The standard InChI is InChI=1S/C12H23N3O2/c1-9(2)12(17)14-10-4-6-15(7-5-10)11(16)8-13-3/h9-10,13H,4-8H2,1-3H3,(H,14,17). The fourth-order valence-electron chi connectivity index (χ4n) is 1.90. The number of hydrogen-bond acceptors (Lipinski definition) is 3. The van der Waals surface area contributed by atoms with Gasteiger partial charge in [0.2, 0.25) is 11.8 Å². The van der Waals surface area contributed by atoms with Gasteiger partial charge < -0.3 is 15.5 Å². The zero-order valence-electron chi connectivity index (χ0n) is 11.0. The van der Waals surface area contributed by atoms with Crippen molar-refractivity contribution in [2.24, 2.45) is 5.92 Å². The molecule has 0 saturated carbocycles. The van der Waals surface area contributed by atoms with E-state index in [0.717, 1.165) is 25.9 Å². The number of hydrogen-bond donors (Lipinski definition) is 2. The lowest BCUT2D eigenvalue weighted by Crippen LogP contribution is -2.48. The van der Waals surface area contributed by atoms with E-state index in [4.69, 9.17) is 0 Å². The minimum Gasteiger partial charge on any atom is -0.353 e. The second-order valence-corrected chi connectivity index (χ2v) is 4.85. The largest absolute Gasteiger partial charge is 0.353 e. The Bertz CT molecular complexity index is 271. The van der Waals surface area contributed by atoms with Crippen molar-refractivity contribution < 1.29 is 9.59 Å². The van der Waals surface area contributed by atoms with Crippen molar-refractivity contribution in [2.45, 2.75) is 32.7 Å². The summed E-state index contributed by atoms with van der Waals surface area (Å²) in [6.45, 7) is 5.65. The number of carbonyl (C=O) groups is 2. The van der Waals surface area contributed by atoms with Gasteiger partial charge in [-0.1, -0.05) is 13.8 Å². The van der Waals surface area contributed by atoms with E-state index in [2.05, 4.69) is 10.6 Å². The molecule has 1 rings (SSSR count). The normalized spacial score (nSPS) is 17.3. The Kier molecular flexibility index (Phi) is 5.41. The lowest BCUT2D eigenvalue weighted by Gasteiger charge is -2.32. The van der Waals surface area contributed by atoms with Gasteiger partial charge in [-0.2, -0.15) is 0 Å². The minimum absolute atomic E-state index is 0.0268. The molecule has 5 nitrogen and oxygen atoms in total. The number of piperidine rings is 1. The summed E-state index contributed by atoms with van der Waals surface area (Å²) in [7, 11) is 1.77. The van der Waals surface area contributed by atoms with Crippen molar-refractivity contribution in [3.63, 3.8) is 0 Å². The molecule has 1 aliphatic rings. The zero-order valence-corrected chi connectivity index (χ0v) is 11.0. The maximum Gasteiger partial charge on any atom is 0.236 e. The minimum atomic E-state index is 0.0268. The second kappa shape index (κ2) is 6.59. The summed E-state index contributed by atoms with van der Waals surface area (Å²) >= 11 is 0. The number of likely N-dealkylation sites (tertiary alicyclic amines) is 1. The third-order valence-electron chi connectivity index (χ3n) is 3.05. The van der Waals surface area contributed by atoms with Crippen LogP contribution in [0.4, 0.5) is 0 Å². The van der Waals surface area contributed by atoms with E-state index in [1.54, 1.807) is 7.05 Å². The Morgan fingerprint density at radius 1 is 1.29 bits per heavy atom. The average Bonchev–Trinajstić information content (AvgIpc) is 2.30. The van der Waals surface area contributed by atoms with E-state index in [1.165, 1.54) is 0 Å². The Morgan fingerprint density at radius 2 is 1.88 bits per heavy atom. The predicted molar refractivity (Wildman–Crippen MR) is 66.5 cm³/mol. The van der Waals surface area contributed by atoms with Crippen LogP contribution in [0.1, 0.15) is 26.7 Å². The van der Waals surface area contributed by atoms with E-state index >= 15 is 0 Å². The lowest BCUT2D eigenvalue weighted by atomic mass is 10.0. The molecule has 98 valence electrons. The highest BCUT2D eigenvalue weighted by atomic mass is 16.2. The predicted octanol–water partition coefficient (Wildman–Crippen LogP) is -0.0310. The molecular weight excluding hydrogens is 218 g/mol. The van der Waals surface area contributed by atoms with Crippen LogP contribution in [0.25, 0.3) is 0 Å². The van der Waals surface area contributed by atoms with Crippen LogP contribution in [0, 0.1) is 5.92 Å². The molecule has 2 N–H and O–H groups in total. The Morgan fingerprint density at radius 3 is 2.35 bits per heavy atom. The summed E-state index contributed by atoms with van der Waals surface area (Å²) < 4.78 is 0. The van der Waals surface area contributed by atoms with Crippen molar-refractivity contribution in [1.29, 1.82) is 0 Å². The van der Waals surface area contributed by atoms with Crippen molar-refractivity contribution in [2.75, 3.05) is 26.7 Å². The van der Waals surface area contributed by atoms with Gasteiger partial charge in [-0.15, -0.1) is 0 Å². The van der Waals surface area contributed by atoms with Crippen LogP contribution in [0.3, 0.4) is 0 Å². The number of amides is 2. The first kappa shape index (κ1) is 14.0. The molecule has 0 spiro atoms. The zero-order chi connectivity index (χ0) is 12.8. The number of nitrogens with zero attached hydrogens (tertiary/aromatic N) is 1. The van der Waals surface area contributed by atoms with Crippen LogP contribution in [-0.2, 0) is 9.59 Å². The molecule has 0 aromatic rings. The van der Waals surface area contributed by atoms with E-state index in [-0.39, 0.29) is 23.8 Å². The van der Waals surface area contributed by atoms with E-state index < -0.39 is 0 Å². The fraction of sp³-hybridized carbons (Fsp3) is 0.833. The van der Waals surface area contributed by atoms with E-state index in [0.29, 0.717) is 6.54 Å². The van der Waals surface area contributed by atoms with Crippen LogP contribution >= 0.6 is 0 Å². The molecule has 1 heterocycles. The van der Waals surface area contributed by atoms with E-state index in [1.807, 2.05) is 18.7 Å². The number of rotatable bonds is 4. The van der Waals surface area contributed by atoms with E-state index in [9.17, 15) is 9.59 Å². The van der Waals surface area contributed by atoms with Crippen LogP contribution in [0.2, 0.25) is 0 Å². The summed E-state index contributed by atoms with van der Waals surface area (Å²) in [6.07, 6.45) is 1.71. The van der Waals surface area contributed by atoms with Crippen molar-refractivity contribution >= 4 is 11.8 Å². The van der Waals surface area contributed by atoms with Gasteiger partial charge in [0, 0.05) is 25.0 Å². The van der Waals surface area contributed by atoms with Gasteiger partial charge in [0.1, 0.15) is 0 Å². The molecule has 0 unspecified atom stereocenters. The molecule has 0 bridgehead atoms. The highest BCUT2D eigenvalue weighted by Gasteiger charge is 2.23. The Balaban J connectivity index is 2.31. The molecular formula is C12H23N3O2. The van der Waals surface area contributed by atoms with Gasteiger partial charge in [0.15, 0.2) is 0 Å². The molecule has 0 radical (unpaired) electrons. The molecule has 0 aliphatic carbocycles. The quantitative estimate of drug-likeness (QED) is 0.726. The summed E-state index contributed by atoms with van der Waals surface area (Å²) in [4.78, 5) is 25.0. The van der Waals surface area contributed by atoms with Gasteiger partial charge in [-0.25, -0.2) is 0 Å². The van der Waals surface area contributed by atoms with Gasteiger partial charge >= 0.3 is 0 Å². The topological polar surface area (TPSA) is 61.4 Å². The highest BCUT2D eigenvalue weighted by molar-refractivity contribution is 5.79. The maximum atomic E-state index is 11.6. The van der Waals surface area contributed by atoms with Crippen LogP contribution in [0.5, 0.6) is 0 Å². The van der Waals surface area contributed by atoms with Crippen molar-refractivity contribution in [1.82, 2.24) is 15.5 Å². The van der Waals surface area contributed by atoms with Gasteiger partial charge in [0.25, 0.3) is 0 Å².